The number of rotatable bonds is 6. The van der Waals surface area contributed by atoms with Crippen molar-refractivity contribution in [2.24, 2.45) is 16.5 Å². The summed E-state index contributed by atoms with van der Waals surface area (Å²) >= 11 is 0. The molecule has 1 aromatic rings. The third-order valence-electron chi connectivity index (χ3n) is 2.02. The number of oxazole rings is 1. The summed E-state index contributed by atoms with van der Waals surface area (Å²) in [4.78, 5) is 6.86. The SMILES string of the molecule is NC(N)=NCCNCCc1ocnc1C(F)(F)F. The minimum absolute atomic E-state index is 0.0219. The van der Waals surface area contributed by atoms with Crippen molar-refractivity contribution in [3.63, 3.8) is 0 Å². The van der Waals surface area contributed by atoms with Crippen molar-refractivity contribution >= 4 is 5.96 Å². The van der Waals surface area contributed by atoms with Crippen LogP contribution in [0.5, 0.6) is 0 Å². The molecule has 0 saturated carbocycles. The van der Waals surface area contributed by atoms with Gasteiger partial charge in [0.25, 0.3) is 0 Å². The number of nitrogens with two attached hydrogens (primary N) is 2. The minimum Gasteiger partial charge on any atom is -0.448 e. The van der Waals surface area contributed by atoms with Gasteiger partial charge in [-0.2, -0.15) is 13.2 Å². The molecule has 0 radical (unpaired) electrons. The van der Waals surface area contributed by atoms with Crippen LogP contribution in [0.4, 0.5) is 13.2 Å². The quantitative estimate of drug-likeness (QED) is 0.384. The Kier molecular flexibility index (Phi) is 4.95. The highest BCUT2D eigenvalue weighted by Gasteiger charge is 2.37. The van der Waals surface area contributed by atoms with Crippen LogP contribution in [0.3, 0.4) is 0 Å². The molecule has 6 nitrogen and oxygen atoms in total. The average Bonchev–Trinajstić information content (AvgIpc) is 2.70. The Bertz CT molecular complexity index is 397. The second-order valence-corrected chi connectivity index (χ2v) is 3.43. The number of aliphatic imine (C=N–C) groups is 1. The lowest BCUT2D eigenvalue weighted by molar-refractivity contribution is -0.141. The van der Waals surface area contributed by atoms with Crippen molar-refractivity contribution in [3.05, 3.63) is 17.8 Å². The third-order valence-corrected chi connectivity index (χ3v) is 2.02. The number of alkyl halides is 3. The van der Waals surface area contributed by atoms with Crippen molar-refractivity contribution in [1.82, 2.24) is 10.3 Å². The Labute approximate surface area is 101 Å². The van der Waals surface area contributed by atoms with E-state index >= 15 is 0 Å². The van der Waals surface area contributed by atoms with E-state index in [4.69, 9.17) is 15.9 Å². The normalized spacial score (nSPS) is 11.5. The number of halogens is 3. The summed E-state index contributed by atoms with van der Waals surface area (Å²) in [7, 11) is 0. The lowest BCUT2D eigenvalue weighted by atomic mass is 10.2. The molecular weight excluding hydrogens is 251 g/mol. The van der Waals surface area contributed by atoms with Crippen molar-refractivity contribution < 1.29 is 17.6 Å². The monoisotopic (exact) mass is 265 g/mol. The van der Waals surface area contributed by atoms with Gasteiger partial charge in [0.15, 0.2) is 18.0 Å². The standard InChI is InChI=1S/C9H14F3N5O/c10-9(11,12)7-6(18-5-17-7)1-2-15-3-4-16-8(13)14/h5,15H,1-4H2,(H4,13,14,16). The van der Waals surface area contributed by atoms with Gasteiger partial charge in [-0.25, -0.2) is 4.98 Å². The lowest BCUT2D eigenvalue weighted by Gasteiger charge is -2.05. The van der Waals surface area contributed by atoms with Crippen molar-refractivity contribution in [2.45, 2.75) is 12.6 Å². The average molecular weight is 265 g/mol. The van der Waals surface area contributed by atoms with Gasteiger partial charge < -0.3 is 21.2 Å². The molecule has 0 aliphatic rings. The molecule has 0 saturated heterocycles. The van der Waals surface area contributed by atoms with Gasteiger partial charge in [0.1, 0.15) is 5.76 Å². The van der Waals surface area contributed by atoms with Crippen LogP contribution < -0.4 is 16.8 Å². The number of aromatic nitrogens is 1. The summed E-state index contributed by atoms with van der Waals surface area (Å²) in [6.07, 6.45) is -3.60. The van der Waals surface area contributed by atoms with Crippen molar-refractivity contribution in [3.8, 4) is 0 Å². The van der Waals surface area contributed by atoms with Crippen LogP contribution in [-0.2, 0) is 12.6 Å². The molecule has 0 aromatic carbocycles. The van der Waals surface area contributed by atoms with Gasteiger partial charge in [0, 0.05) is 19.5 Å². The fourth-order valence-corrected chi connectivity index (χ4v) is 1.27. The molecule has 102 valence electrons. The fraction of sp³-hybridized carbons (Fsp3) is 0.556. The summed E-state index contributed by atoms with van der Waals surface area (Å²) in [5.74, 6) is -0.205. The van der Waals surface area contributed by atoms with Crippen LogP contribution in [0.1, 0.15) is 11.5 Å². The van der Waals surface area contributed by atoms with Crippen LogP contribution >= 0.6 is 0 Å². The van der Waals surface area contributed by atoms with Crippen molar-refractivity contribution in [2.75, 3.05) is 19.6 Å². The van der Waals surface area contributed by atoms with E-state index in [0.29, 0.717) is 19.6 Å². The Hall–Kier alpha value is -1.77. The Balaban J connectivity index is 2.32. The highest BCUT2D eigenvalue weighted by molar-refractivity contribution is 5.75. The first-order valence-electron chi connectivity index (χ1n) is 5.17. The van der Waals surface area contributed by atoms with E-state index in [-0.39, 0.29) is 18.1 Å². The van der Waals surface area contributed by atoms with Gasteiger partial charge in [-0.15, -0.1) is 0 Å². The summed E-state index contributed by atoms with van der Waals surface area (Å²) < 4.78 is 41.9. The van der Waals surface area contributed by atoms with Gasteiger partial charge in [-0.3, -0.25) is 4.99 Å². The van der Waals surface area contributed by atoms with Crippen LogP contribution in [-0.4, -0.2) is 30.6 Å². The maximum atomic E-state index is 12.4. The molecule has 5 N–H and O–H groups in total. The number of nitrogens with one attached hydrogen (secondary N) is 1. The third kappa shape index (κ3) is 4.62. The molecule has 0 bridgehead atoms. The predicted octanol–water partition coefficient (Wildman–Crippen LogP) is 0.0989. The van der Waals surface area contributed by atoms with Crippen LogP contribution in [0.2, 0.25) is 0 Å². The Morgan fingerprint density at radius 3 is 2.72 bits per heavy atom. The van der Waals surface area contributed by atoms with Crippen LogP contribution in [0.15, 0.2) is 15.8 Å². The topological polar surface area (TPSA) is 102 Å². The van der Waals surface area contributed by atoms with E-state index in [1.54, 1.807) is 0 Å². The molecular formula is C9H14F3N5O. The minimum atomic E-state index is -4.49. The molecule has 1 rings (SSSR count). The van der Waals surface area contributed by atoms with E-state index in [1.807, 2.05) is 0 Å². The highest BCUT2D eigenvalue weighted by atomic mass is 19.4. The molecule has 0 fully saturated rings. The zero-order valence-corrected chi connectivity index (χ0v) is 9.50. The smallest absolute Gasteiger partial charge is 0.436 e. The van der Waals surface area contributed by atoms with Gasteiger partial charge in [-0.1, -0.05) is 0 Å². The Morgan fingerprint density at radius 2 is 2.11 bits per heavy atom. The molecule has 0 unspecified atom stereocenters. The van der Waals surface area contributed by atoms with Crippen LogP contribution in [0.25, 0.3) is 0 Å². The molecule has 1 aromatic heterocycles. The molecule has 18 heavy (non-hydrogen) atoms. The van der Waals surface area contributed by atoms with Gasteiger partial charge in [0.05, 0.1) is 6.54 Å². The second-order valence-electron chi connectivity index (χ2n) is 3.43. The van der Waals surface area contributed by atoms with E-state index < -0.39 is 11.9 Å². The van der Waals surface area contributed by atoms with Gasteiger partial charge in [-0.05, 0) is 0 Å². The zero-order valence-electron chi connectivity index (χ0n) is 9.50. The molecule has 0 aliphatic carbocycles. The molecule has 0 atom stereocenters. The molecule has 9 heteroatoms. The summed E-state index contributed by atoms with van der Waals surface area (Å²) in [6.45, 7) is 1.15. The number of guanidine groups is 1. The van der Waals surface area contributed by atoms with E-state index in [0.717, 1.165) is 6.39 Å². The largest absolute Gasteiger partial charge is 0.448 e. The maximum Gasteiger partial charge on any atom is 0.436 e. The zero-order chi connectivity index (χ0) is 13.6. The predicted molar refractivity (Wildman–Crippen MR) is 58.8 cm³/mol. The summed E-state index contributed by atoms with van der Waals surface area (Å²) in [5, 5.41) is 2.88. The lowest BCUT2D eigenvalue weighted by Crippen LogP contribution is -2.26. The Morgan fingerprint density at radius 1 is 1.39 bits per heavy atom. The molecule has 0 spiro atoms. The second kappa shape index (κ2) is 6.24. The highest BCUT2D eigenvalue weighted by Crippen LogP contribution is 2.30. The number of hydrogen-bond donors (Lipinski definition) is 3. The van der Waals surface area contributed by atoms with Gasteiger partial charge in [0.2, 0.25) is 0 Å². The van der Waals surface area contributed by atoms with Gasteiger partial charge >= 0.3 is 6.18 Å². The van der Waals surface area contributed by atoms with E-state index in [2.05, 4.69) is 15.3 Å². The first-order valence-corrected chi connectivity index (χ1v) is 5.17. The maximum absolute atomic E-state index is 12.4. The summed E-state index contributed by atoms with van der Waals surface area (Å²) in [6, 6.07) is 0. The molecule has 0 amide bonds. The van der Waals surface area contributed by atoms with E-state index in [1.165, 1.54) is 0 Å². The number of nitrogens with zero attached hydrogens (tertiary/aromatic N) is 2. The number of hydrogen-bond acceptors (Lipinski definition) is 4. The summed E-state index contributed by atoms with van der Waals surface area (Å²) in [5.41, 5.74) is 9.23. The fourth-order valence-electron chi connectivity index (χ4n) is 1.27. The first kappa shape index (κ1) is 14.3. The van der Waals surface area contributed by atoms with Crippen molar-refractivity contribution in [1.29, 1.82) is 0 Å². The molecule has 0 aliphatic heterocycles. The van der Waals surface area contributed by atoms with E-state index in [9.17, 15) is 13.2 Å². The van der Waals surface area contributed by atoms with Crippen LogP contribution in [0, 0.1) is 0 Å². The molecule has 1 heterocycles. The first-order chi connectivity index (χ1) is 8.41.